The van der Waals surface area contributed by atoms with Crippen LogP contribution in [0.25, 0.3) is 0 Å². The number of benzene rings is 1. The van der Waals surface area contributed by atoms with Crippen LogP contribution in [0.5, 0.6) is 0 Å². The third kappa shape index (κ3) is 3.44. The molecular weight excluding hydrogens is 263 g/mol. The number of furan rings is 1. The molecule has 2 rings (SSSR count). The summed E-state index contributed by atoms with van der Waals surface area (Å²) in [6.45, 7) is 1.52. The van der Waals surface area contributed by atoms with E-state index in [9.17, 15) is 14.0 Å². The lowest BCUT2D eigenvalue weighted by Gasteiger charge is -2.13. The molecule has 2 amide bonds. The van der Waals surface area contributed by atoms with E-state index in [1.54, 1.807) is 12.1 Å². The first-order valence-electron chi connectivity index (χ1n) is 5.97. The van der Waals surface area contributed by atoms with Crippen LogP contribution in [-0.2, 0) is 4.79 Å². The van der Waals surface area contributed by atoms with Crippen molar-refractivity contribution in [1.29, 1.82) is 0 Å². The molecule has 0 saturated carbocycles. The second-order valence-corrected chi connectivity index (χ2v) is 4.17. The standard InChI is InChI=1S/C14H13FN2O3/c1-9(16-14(19)12-6-3-7-20-12)13(18)17-11-5-2-4-10(15)8-11/h2-9H,1H3,(H,16,19)(H,17,18). The van der Waals surface area contributed by atoms with E-state index in [0.717, 1.165) is 0 Å². The molecule has 0 saturated heterocycles. The zero-order valence-corrected chi connectivity index (χ0v) is 10.7. The molecule has 5 nitrogen and oxygen atoms in total. The van der Waals surface area contributed by atoms with Crippen molar-refractivity contribution in [3.63, 3.8) is 0 Å². The van der Waals surface area contributed by atoms with Gasteiger partial charge >= 0.3 is 0 Å². The van der Waals surface area contributed by atoms with Crippen LogP contribution >= 0.6 is 0 Å². The summed E-state index contributed by atoms with van der Waals surface area (Å²) in [7, 11) is 0. The Morgan fingerprint density at radius 1 is 1.25 bits per heavy atom. The monoisotopic (exact) mass is 276 g/mol. The van der Waals surface area contributed by atoms with Crippen LogP contribution in [-0.4, -0.2) is 17.9 Å². The fourth-order valence-electron chi connectivity index (χ4n) is 1.56. The maximum Gasteiger partial charge on any atom is 0.287 e. The van der Waals surface area contributed by atoms with Crippen LogP contribution in [0.2, 0.25) is 0 Å². The average molecular weight is 276 g/mol. The molecule has 104 valence electrons. The summed E-state index contributed by atoms with van der Waals surface area (Å²) in [5.74, 6) is -1.27. The summed E-state index contributed by atoms with van der Waals surface area (Å²) in [5, 5.41) is 4.99. The molecule has 1 aromatic carbocycles. The minimum absolute atomic E-state index is 0.121. The van der Waals surface area contributed by atoms with Gasteiger partial charge in [-0.1, -0.05) is 6.07 Å². The first kappa shape index (κ1) is 13.8. The van der Waals surface area contributed by atoms with Gasteiger partial charge in [0, 0.05) is 5.69 Å². The highest BCUT2D eigenvalue weighted by molar-refractivity contribution is 5.99. The molecule has 1 atom stereocenters. The van der Waals surface area contributed by atoms with Crippen LogP contribution < -0.4 is 10.6 Å². The number of rotatable bonds is 4. The number of anilines is 1. The summed E-state index contributed by atoms with van der Waals surface area (Å²) in [4.78, 5) is 23.5. The average Bonchev–Trinajstić information content (AvgIpc) is 2.92. The van der Waals surface area contributed by atoms with Crippen molar-refractivity contribution >= 4 is 17.5 Å². The van der Waals surface area contributed by atoms with E-state index in [2.05, 4.69) is 10.6 Å². The largest absolute Gasteiger partial charge is 0.459 e. The predicted octanol–water partition coefficient (Wildman–Crippen LogP) is 2.18. The predicted molar refractivity (Wildman–Crippen MR) is 70.7 cm³/mol. The molecule has 0 radical (unpaired) electrons. The maximum absolute atomic E-state index is 13.0. The van der Waals surface area contributed by atoms with Crippen molar-refractivity contribution in [3.8, 4) is 0 Å². The summed E-state index contributed by atoms with van der Waals surface area (Å²) in [5.41, 5.74) is 0.328. The molecule has 2 N–H and O–H groups in total. The highest BCUT2D eigenvalue weighted by atomic mass is 19.1. The Morgan fingerprint density at radius 3 is 2.70 bits per heavy atom. The molecule has 0 fully saturated rings. The number of carbonyl (C=O) groups excluding carboxylic acids is 2. The Balaban J connectivity index is 1.94. The molecule has 6 heteroatoms. The Hall–Kier alpha value is -2.63. The Bertz CT molecular complexity index is 611. The third-order valence-corrected chi connectivity index (χ3v) is 2.58. The first-order chi connectivity index (χ1) is 9.56. The van der Waals surface area contributed by atoms with Crippen molar-refractivity contribution in [3.05, 3.63) is 54.2 Å². The normalized spacial score (nSPS) is 11.7. The number of hydrogen-bond acceptors (Lipinski definition) is 3. The second-order valence-electron chi connectivity index (χ2n) is 4.17. The molecule has 0 aliphatic heterocycles. The summed E-state index contributed by atoms with van der Waals surface area (Å²) in [6, 6.07) is 7.80. The van der Waals surface area contributed by atoms with Gasteiger partial charge in [0.2, 0.25) is 5.91 Å². The van der Waals surface area contributed by atoms with Crippen LogP contribution in [0.3, 0.4) is 0 Å². The molecule has 0 bridgehead atoms. The minimum atomic E-state index is -0.782. The lowest BCUT2D eigenvalue weighted by molar-refractivity contribution is -0.117. The van der Waals surface area contributed by atoms with E-state index >= 15 is 0 Å². The van der Waals surface area contributed by atoms with Crippen LogP contribution in [0, 0.1) is 5.82 Å². The van der Waals surface area contributed by atoms with Crippen molar-refractivity contribution in [2.45, 2.75) is 13.0 Å². The molecule has 1 aromatic heterocycles. The van der Waals surface area contributed by atoms with E-state index in [1.165, 1.54) is 37.5 Å². The zero-order chi connectivity index (χ0) is 14.5. The fraction of sp³-hybridized carbons (Fsp3) is 0.143. The molecule has 2 aromatic rings. The van der Waals surface area contributed by atoms with Crippen LogP contribution in [0.1, 0.15) is 17.5 Å². The lowest BCUT2D eigenvalue weighted by Crippen LogP contribution is -2.41. The highest BCUT2D eigenvalue weighted by Crippen LogP contribution is 2.09. The van der Waals surface area contributed by atoms with E-state index < -0.39 is 23.7 Å². The van der Waals surface area contributed by atoms with E-state index in [4.69, 9.17) is 4.42 Å². The number of amides is 2. The number of hydrogen-bond donors (Lipinski definition) is 2. The van der Waals surface area contributed by atoms with Crippen LogP contribution in [0.15, 0.2) is 47.1 Å². The van der Waals surface area contributed by atoms with Gasteiger partial charge in [-0.05, 0) is 37.3 Å². The van der Waals surface area contributed by atoms with Crippen molar-refractivity contribution in [2.75, 3.05) is 5.32 Å². The van der Waals surface area contributed by atoms with Gasteiger partial charge in [0.05, 0.1) is 6.26 Å². The Labute approximate surface area is 114 Å². The van der Waals surface area contributed by atoms with Gasteiger partial charge in [0.25, 0.3) is 5.91 Å². The van der Waals surface area contributed by atoms with Crippen molar-refractivity contribution in [1.82, 2.24) is 5.32 Å². The zero-order valence-electron chi connectivity index (χ0n) is 10.7. The number of nitrogens with one attached hydrogen (secondary N) is 2. The van der Waals surface area contributed by atoms with Gasteiger partial charge in [0.15, 0.2) is 5.76 Å². The lowest BCUT2D eigenvalue weighted by atomic mass is 10.2. The SMILES string of the molecule is CC(NC(=O)c1ccco1)C(=O)Nc1cccc(F)c1. The smallest absolute Gasteiger partial charge is 0.287 e. The van der Waals surface area contributed by atoms with E-state index in [1.807, 2.05) is 0 Å². The first-order valence-corrected chi connectivity index (χ1v) is 5.97. The molecule has 1 unspecified atom stereocenters. The quantitative estimate of drug-likeness (QED) is 0.899. The van der Waals surface area contributed by atoms with E-state index in [0.29, 0.717) is 5.69 Å². The Morgan fingerprint density at radius 2 is 2.05 bits per heavy atom. The topological polar surface area (TPSA) is 71.3 Å². The molecular formula is C14H13FN2O3. The van der Waals surface area contributed by atoms with Gasteiger partial charge in [0.1, 0.15) is 11.9 Å². The van der Waals surface area contributed by atoms with Gasteiger partial charge in [-0.2, -0.15) is 0 Å². The molecule has 0 spiro atoms. The number of halogens is 1. The highest BCUT2D eigenvalue weighted by Gasteiger charge is 2.18. The van der Waals surface area contributed by atoms with E-state index in [-0.39, 0.29) is 5.76 Å². The van der Waals surface area contributed by atoms with Crippen LogP contribution in [0.4, 0.5) is 10.1 Å². The third-order valence-electron chi connectivity index (χ3n) is 2.58. The maximum atomic E-state index is 13.0. The minimum Gasteiger partial charge on any atom is -0.459 e. The summed E-state index contributed by atoms with van der Waals surface area (Å²) < 4.78 is 17.9. The molecule has 0 aliphatic carbocycles. The molecule has 1 heterocycles. The van der Waals surface area contributed by atoms with Crippen molar-refractivity contribution in [2.24, 2.45) is 0 Å². The van der Waals surface area contributed by atoms with Gasteiger partial charge in [-0.25, -0.2) is 4.39 Å². The number of carbonyl (C=O) groups is 2. The molecule has 0 aliphatic rings. The Kier molecular flexibility index (Phi) is 4.14. The van der Waals surface area contributed by atoms with Gasteiger partial charge < -0.3 is 15.1 Å². The summed E-state index contributed by atoms with van der Waals surface area (Å²) >= 11 is 0. The summed E-state index contributed by atoms with van der Waals surface area (Å²) in [6.07, 6.45) is 1.37. The van der Waals surface area contributed by atoms with Crippen molar-refractivity contribution < 1.29 is 18.4 Å². The molecule has 20 heavy (non-hydrogen) atoms. The second kappa shape index (κ2) is 6.01. The van der Waals surface area contributed by atoms with Gasteiger partial charge in [-0.3, -0.25) is 9.59 Å². The fourth-order valence-corrected chi connectivity index (χ4v) is 1.56. The van der Waals surface area contributed by atoms with Gasteiger partial charge in [-0.15, -0.1) is 0 Å².